The molecule has 27 heavy (non-hydrogen) atoms. The van der Waals surface area contributed by atoms with Gasteiger partial charge in [0.2, 0.25) is 0 Å². The lowest BCUT2D eigenvalue weighted by molar-refractivity contribution is 0.0515. The average Bonchev–Trinajstić information content (AvgIpc) is 3.24. The van der Waals surface area contributed by atoms with E-state index >= 15 is 0 Å². The van der Waals surface area contributed by atoms with Crippen molar-refractivity contribution in [1.29, 1.82) is 0 Å². The first-order chi connectivity index (χ1) is 13.0. The Hall–Kier alpha value is -2.12. The van der Waals surface area contributed by atoms with Crippen molar-refractivity contribution in [2.75, 3.05) is 26.3 Å². The summed E-state index contributed by atoms with van der Waals surface area (Å²) in [6.07, 6.45) is 1.80. The first-order valence-corrected chi connectivity index (χ1v) is 9.68. The topological polar surface area (TPSA) is 80.7 Å². The molecule has 0 radical (unpaired) electrons. The van der Waals surface area contributed by atoms with Gasteiger partial charge in [0.25, 0.3) is 0 Å². The quantitative estimate of drug-likeness (QED) is 0.714. The van der Waals surface area contributed by atoms with E-state index in [1.165, 1.54) is 0 Å². The third-order valence-electron chi connectivity index (χ3n) is 5.12. The Labute approximate surface area is 159 Å². The zero-order valence-electron chi connectivity index (χ0n) is 16.4. The minimum Gasteiger partial charge on any atom is -0.466 e. The number of aliphatic hydroxyl groups excluding tert-OH is 1. The predicted molar refractivity (Wildman–Crippen MR) is 101 cm³/mol. The van der Waals surface area contributed by atoms with E-state index < -0.39 is 0 Å². The van der Waals surface area contributed by atoms with Crippen LogP contribution in [0.4, 0.5) is 0 Å². The van der Waals surface area contributed by atoms with Crippen LogP contribution >= 0.6 is 0 Å². The van der Waals surface area contributed by atoms with E-state index in [0.717, 1.165) is 48.7 Å². The lowest BCUT2D eigenvalue weighted by Crippen LogP contribution is -2.33. The maximum Gasteiger partial charge on any atom is 0.359 e. The highest BCUT2D eigenvalue weighted by Crippen LogP contribution is 2.26. The molecule has 3 rings (SSSR count). The molecule has 1 aliphatic rings. The number of ether oxygens (including phenoxy) is 1. The summed E-state index contributed by atoms with van der Waals surface area (Å²) in [5.41, 5.74) is 2.37. The van der Waals surface area contributed by atoms with Crippen LogP contribution in [0, 0.1) is 6.92 Å². The Morgan fingerprint density at radius 2 is 2.22 bits per heavy atom. The van der Waals surface area contributed by atoms with Crippen LogP contribution in [-0.4, -0.2) is 52.1 Å². The fraction of sp³-hybridized carbons (Fsp3) is 0.600. The zero-order valence-corrected chi connectivity index (χ0v) is 16.4. The SMILES string of the molecule is CCOC(=O)c1nn(CCO)c2c1CN(CCC(C)c1ccc(C)o1)CC2. The fourth-order valence-corrected chi connectivity index (χ4v) is 3.62. The van der Waals surface area contributed by atoms with Crippen LogP contribution in [-0.2, 0) is 24.2 Å². The van der Waals surface area contributed by atoms with Gasteiger partial charge in [-0.3, -0.25) is 9.58 Å². The second kappa shape index (κ2) is 8.71. The lowest BCUT2D eigenvalue weighted by Gasteiger charge is -2.28. The van der Waals surface area contributed by atoms with E-state index in [-0.39, 0.29) is 12.6 Å². The number of nitrogens with zero attached hydrogens (tertiary/aromatic N) is 3. The minimum atomic E-state index is -0.383. The first kappa shape index (κ1) is 19.6. The highest BCUT2D eigenvalue weighted by molar-refractivity contribution is 5.89. The van der Waals surface area contributed by atoms with Crippen LogP contribution in [0.1, 0.15) is 59.5 Å². The summed E-state index contributed by atoms with van der Waals surface area (Å²) in [7, 11) is 0. The molecule has 0 aromatic carbocycles. The number of rotatable bonds is 8. The molecule has 2 aromatic rings. The summed E-state index contributed by atoms with van der Waals surface area (Å²) in [6.45, 7) is 9.17. The van der Waals surface area contributed by atoms with Crippen molar-refractivity contribution < 1.29 is 19.1 Å². The van der Waals surface area contributed by atoms with Crippen molar-refractivity contribution in [3.8, 4) is 0 Å². The molecule has 1 N–H and O–H groups in total. The summed E-state index contributed by atoms with van der Waals surface area (Å²) in [5, 5.41) is 13.7. The molecule has 148 valence electrons. The number of carbonyl (C=O) groups is 1. The molecule has 7 heteroatoms. The molecule has 2 aromatic heterocycles. The molecule has 0 amide bonds. The van der Waals surface area contributed by atoms with Crippen molar-refractivity contribution in [2.24, 2.45) is 0 Å². The summed E-state index contributed by atoms with van der Waals surface area (Å²) in [4.78, 5) is 14.7. The molecule has 1 atom stereocenters. The smallest absolute Gasteiger partial charge is 0.359 e. The molecular formula is C20H29N3O4. The highest BCUT2D eigenvalue weighted by atomic mass is 16.5. The van der Waals surface area contributed by atoms with Crippen molar-refractivity contribution in [2.45, 2.75) is 52.6 Å². The van der Waals surface area contributed by atoms with Gasteiger partial charge in [0.05, 0.1) is 19.8 Å². The standard InChI is InChI=1S/C20H29N3O4/c1-4-26-20(25)19-16-13-22(10-8-17(16)23(21-19)11-12-24)9-7-14(2)18-6-5-15(3)27-18/h5-6,14,24H,4,7-13H2,1-3H3. The maximum absolute atomic E-state index is 12.3. The molecule has 1 unspecified atom stereocenters. The second-order valence-electron chi connectivity index (χ2n) is 7.11. The molecule has 3 heterocycles. The number of aromatic nitrogens is 2. The van der Waals surface area contributed by atoms with Crippen molar-refractivity contribution >= 4 is 5.97 Å². The van der Waals surface area contributed by atoms with E-state index in [2.05, 4.69) is 16.9 Å². The minimum absolute atomic E-state index is 0.000177. The molecule has 1 aliphatic heterocycles. The third kappa shape index (κ3) is 4.42. The molecule has 0 aliphatic carbocycles. The number of furan rings is 1. The van der Waals surface area contributed by atoms with E-state index in [0.29, 0.717) is 31.3 Å². The van der Waals surface area contributed by atoms with Crippen molar-refractivity contribution in [3.63, 3.8) is 0 Å². The van der Waals surface area contributed by atoms with Gasteiger partial charge in [0.1, 0.15) is 11.5 Å². The van der Waals surface area contributed by atoms with Crippen LogP contribution in [0.25, 0.3) is 0 Å². The maximum atomic E-state index is 12.3. The molecule has 0 saturated carbocycles. The monoisotopic (exact) mass is 375 g/mol. The van der Waals surface area contributed by atoms with Crippen molar-refractivity contribution in [3.05, 3.63) is 40.6 Å². The molecular weight excluding hydrogens is 346 g/mol. The van der Waals surface area contributed by atoms with Gasteiger partial charge < -0.3 is 14.3 Å². The second-order valence-corrected chi connectivity index (χ2v) is 7.11. The van der Waals surface area contributed by atoms with E-state index in [4.69, 9.17) is 9.15 Å². The Bertz CT molecular complexity index is 780. The molecule has 0 saturated heterocycles. The van der Waals surface area contributed by atoms with Crippen LogP contribution in [0.15, 0.2) is 16.5 Å². The third-order valence-corrected chi connectivity index (χ3v) is 5.12. The van der Waals surface area contributed by atoms with Gasteiger partial charge in [-0.2, -0.15) is 5.10 Å². The Morgan fingerprint density at radius 1 is 1.41 bits per heavy atom. The van der Waals surface area contributed by atoms with Crippen LogP contribution < -0.4 is 0 Å². The first-order valence-electron chi connectivity index (χ1n) is 9.68. The summed E-state index contributed by atoms with van der Waals surface area (Å²) < 4.78 is 12.7. The van der Waals surface area contributed by atoms with Gasteiger partial charge in [-0.25, -0.2) is 4.79 Å². The largest absolute Gasteiger partial charge is 0.466 e. The van der Waals surface area contributed by atoms with Gasteiger partial charge in [-0.15, -0.1) is 0 Å². The van der Waals surface area contributed by atoms with Gasteiger partial charge in [0.15, 0.2) is 5.69 Å². The van der Waals surface area contributed by atoms with Crippen LogP contribution in [0.3, 0.4) is 0 Å². The van der Waals surface area contributed by atoms with E-state index in [1.807, 2.05) is 19.1 Å². The van der Waals surface area contributed by atoms with Gasteiger partial charge in [0, 0.05) is 36.7 Å². The van der Waals surface area contributed by atoms with Gasteiger partial charge >= 0.3 is 5.97 Å². The number of esters is 1. The molecule has 0 bridgehead atoms. The summed E-state index contributed by atoms with van der Waals surface area (Å²) in [5.74, 6) is 1.93. The fourth-order valence-electron chi connectivity index (χ4n) is 3.62. The summed E-state index contributed by atoms with van der Waals surface area (Å²) >= 11 is 0. The summed E-state index contributed by atoms with van der Waals surface area (Å²) in [6, 6.07) is 4.05. The number of hydrogen-bond donors (Lipinski definition) is 1. The normalized spacial score (nSPS) is 15.6. The lowest BCUT2D eigenvalue weighted by atomic mass is 10.0. The Balaban J connectivity index is 1.69. The zero-order chi connectivity index (χ0) is 19.4. The molecule has 0 fully saturated rings. The Kier molecular flexibility index (Phi) is 6.34. The molecule has 7 nitrogen and oxygen atoms in total. The Morgan fingerprint density at radius 3 is 2.89 bits per heavy atom. The van der Waals surface area contributed by atoms with Gasteiger partial charge in [-0.1, -0.05) is 6.92 Å². The predicted octanol–water partition coefficient (Wildman–Crippen LogP) is 2.51. The van der Waals surface area contributed by atoms with Crippen LogP contribution in [0.2, 0.25) is 0 Å². The number of aliphatic hydroxyl groups is 1. The van der Waals surface area contributed by atoms with Crippen molar-refractivity contribution in [1.82, 2.24) is 14.7 Å². The van der Waals surface area contributed by atoms with E-state index in [1.54, 1.807) is 11.6 Å². The number of carbonyl (C=O) groups excluding carboxylic acids is 1. The van der Waals surface area contributed by atoms with Crippen LogP contribution in [0.5, 0.6) is 0 Å². The number of fused-ring (bicyclic) bond motifs is 1. The molecule has 0 spiro atoms. The highest BCUT2D eigenvalue weighted by Gasteiger charge is 2.28. The average molecular weight is 375 g/mol. The van der Waals surface area contributed by atoms with Gasteiger partial charge in [-0.05, 0) is 38.9 Å². The number of aryl methyl sites for hydroxylation is 1. The van der Waals surface area contributed by atoms with E-state index in [9.17, 15) is 9.90 Å². The number of hydrogen-bond acceptors (Lipinski definition) is 6.